The molecule has 0 aliphatic carbocycles. The van der Waals surface area contributed by atoms with Crippen molar-refractivity contribution in [1.29, 1.82) is 0 Å². The fourth-order valence-corrected chi connectivity index (χ4v) is 3.79. The van der Waals surface area contributed by atoms with Gasteiger partial charge in [-0.05, 0) is 42.5 Å². The number of hydrogen-bond donors (Lipinski definition) is 0. The molecule has 1 aliphatic heterocycles. The molecule has 0 spiro atoms. The zero-order valence-corrected chi connectivity index (χ0v) is 16.1. The van der Waals surface area contributed by atoms with Crippen LogP contribution in [0, 0.1) is 20.8 Å². The lowest BCUT2D eigenvalue weighted by Crippen LogP contribution is -2.37. The fraction of sp³-hybridized carbons (Fsp3) is 0.364. The highest BCUT2D eigenvalue weighted by atomic mass is 16.5. The van der Waals surface area contributed by atoms with Crippen molar-refractivity contribution < 1.29 is 9.15 Å². The Morgan fingerprint density at radius 3 is 2.44 bits per heavy atom. The average molecular weight is 363 g/mol. The van der Waals surface area contributed by atoms with Gasteiger partial charge < -0.3 is 9.15 Å². The van der Waals surface area contributed by atoms with E-state index in [4.69, 9.17) is 9.15 Å². The van der Waals surface area contributed by atoms with Crippen LogP contribution in [0.15, 0.2) is 46.9 Å². The Morgan fingerprint density at radius 1 is 1.00 bits per heavy atom. The molecular formula is C22H25N3O2. The van der Waals surface area contributed by atoms with Gasteiger partial charge in [-0.25, -0.2) is 0 Å². The Bertz CT molecular complexity index is 915. The molecule has 140 valence electrons. The van der Waals surface area contributed by atoms with Gasteiger partial charge in [0.05, 0.1) is 6.04 Å². The summed E-state index contributed by atoms with van der Waals surface area (Å²) in [6.45, 7) is 8.29. The molecule has 5 heteroatoms. The molecule has 2 aromatic carbocycles. The second kappa shape index (κ2) is 7.53. The van der Waals surface area contributed by atoms with E-state index in [9.17, 15) is 0 Å². The van der Waals surface area contributed by atoms with E-state index in [1.807, 2.05) is 6.92 Å². The van der Waals surface area contributed by atoms with Crippen molar-refractivity contribution in [3.8, 4) is 5.75 Å². The van der Waals surface area contributed by atoms with Crippen LogP contribution in [0.4, 0.5) is 0 Å². The summed E-state index contributed by atoms with van der Waals surface area (Å²) >= 11 is 0. The Morgan fingerprint density at radius 2 is 1.74 bits per heavy atom. The highest BCUT2D eigenvalue weighted by Gasteiger charge is 2.31. The molecule has 1 atom stereocenters. The minimum Gasteiger partial charge on any atom is -0.492 e. The summed E-state index contributed by atoms with van der Waals surface area (Å²) in [4.78, 5) is 2.38. The minimum atomic E-state index is 0.0858. The maximum absolute atomic E-state index is 6.14. The molecule has 0 amide bonds. The molecule has 3 aromatic rings. The average Bonchev–Trinajstić information content (AvgIpc) is 3.09. The molecule has 1 aliphatic rings. The number of nitrogens with zero attached hydrogens (tertiary/aromatic N) is 3. The van der Waals surface area contributed by atoms with E-state index in [1.54, 1.807) is 0 Å². The number of ether oxygens (including phenoxy) is 1. The van der Waals surface area contributed by atoms with E-state index in [1.165, 1.54) is 22.3 Å². The first-order valence-electron chi connectivity index (χ1n) is 9.41. The Labute approximate surface area is 160 Å². The van der Waals surface area contributed by atoms with Crippen molar-refractivity contribution in [2.45, 2.75) is 39.8 Å². The summed E-state index contributed by atoms with van der Waals surface area (Å²) in [5.74, 6) is 2.28. The topological polar surface area (TPSA) is 51.4 Å². The molecule has 1 aromatic heterocycles. The second-order valence-corrected chi connectivity index (χ2v) is 7.19. The molecule has 2 heterocycles. The van der Waals surface area contributed by atoms with E-state index in [0.29, 0.717) is 18.4 Å². The number of para-hydroxylation sites is 1. The molecule has 0 bridgehead atoms. The Hall–Kier alpha value is -2.66. The summed E-state index contributed by atoms with van der Waals surface area (Å²) in [6.07, 6.45) is 0.876. The molecule has 0 fully saturated rings. The van der Waals surface area contributed by atoms with Crippen LogP contribution in [0.2, 0.25) is 0 Å². The molecule has 0 N–H and O–H groups in total. The van der Waals surface area contributed by atoms with Gasteiger partial charge in [0.15, 0.2) is 0 Å². The SMILES string of the molecule is Cc1nnc([C@H]2Cc3ccccc3CN2CCOc2c(C)cccc2C)o1. The van der Waals surface area contributed by atoms with E-state index < -0.39 is 0 Å². The summed E-state index contributed by atoms with van der Waals surface area (Å²) in [6, 6.07) is 14.9. The molecule has 0 unspecified atom stereocenters. The van der Waals surface area contributed by atoms with E-state index in [0.717, 1.165) is 25.3 Å². The lowest BCUT2D eigenvalue weighted by Gasteiger charge is -2.34. The molecule has 5 nitrogen and oxygen atoms in total. The third-order valence-corrected chi connectivity index (χ3v) is 5.21. The summed E-state index contributed by atoms with van der Waals surface area (Å²) in [5.41, 5.74) is 5.05. The molecule has 4 rings (SSSR count). The maximum Gasteiger partial charge on any atom is 0.233 e. The lowest BCUT2D eigenvalue weighted by atomic mass is 9.94. The van der Waals surface area contributed by atoms with Crippen LogP contribution in [0.3, 0.4) is 0 Å². The molecule has 0 radical (unpaired) electrons. The van der Waals surface area contributed by atoms with E-state index >= 15 is 0 Å². The van der Waals surface area contributed by atoms with Crippen molar-refractivity contribution in [2.24, 2.45) is 0 Å². The molecule has 27 heavy (non-hydrogen) atoms. The largest absolute Gasteiger partial charge is 0.492 e. The minimum absolute atomic E-state index is 0.0858. The zero-order valence-electron chi connectivity index (χ0n) is 16.1. The van der Waals surface area contributed by atoms with Crippen LogP contribution < -0.4 is 4.74 Å². The van der Waals surface area contributed by atoms with Crippen LogP contribution in [0.1, 0.15) is 40.1 Å². The van der Waals surface area contributed by atoms with Crippen molar-refractivity contribution in [3.05, 3.63) is 76.5 Å². The molecular weight excluding hydrogens is 338 g/mol. The zero-order chi connectivity index (χ0) is 18.8. The maximum atomic E-state index is 6.14. The van der Waals surface area contributed by atoms with Crippen molar-refractivity contribution in [2.75, 3.05) is 13.2 Å². The van der Waals surface area contributed by atoms with Gasteiger partial charge in [-0.1, -0.05) is 42.5 Å². The smallest absolute Gasteiger partial charge is 0.233 e. The fourth-order valence-electron chi connectivity index (χ4n) is 3.79. The predicted molar refractivity (Wildman–Crippen MR) is 104 cm³/mol. The number of fused-ring (bicyclic) bond motifs is 1. The summed E-state index contributed by atoms with van der Waals surface area (Å²) in [7, 11) is 0. The highest BCUT2D eigenvalue weighted by molar-refractivity contribution is 5.39. The highest BCUT2D eigenvalue weighted by Crippen LogP contribution is 2.32. The van der Waals surface area contributed by atoms with Gasteiger partial charge in [0.1, 0.15) is 12.4 Å². The van der Waals surface area contributed by atoms with Crippen LogP contribution in [-0.2, 0) is 13.0 Å². The van der Waals surface area contributed by atoms with Gasteiger partial charge in [0.2, 0.25) is 11.8 Å². The summed E-state index contributed by atoms with van der Waals surface area (Å²) in [5, 5.41) is 8.32. The van der Waals surface area contributed by atoms with Crippen molar-refractivity contribution in [3.63, 3.8) is 0 Å². The first-order chi connectivity index (χ1) is 13.1. The third kappa shape index (κ3) is 3.74. The number of aromatic nitrogens is 2. The molecule has 0 saturated heterocycles. The Balaban J connectivity index is 1.52. The lowest BCUT2D eigenvalue weighted by molar-refractivity contribution is 0.120. The van der Waals surface area contributed by atoms with Crippen LogP contribution in [0.25, 0.3) is 0 Å². The first kappa shape index (κ1) is 17.7. The first-order valence-corrected chi connectivity index (χ1v) is 9.41. The number of hydrogen-bond acceptors (Lipinski definition) is 5. The van der Waals surface area contributed by atoms with Crippen LogP contribution in [-0.4, -0.2) is 28.2 Å². The van der Waals surface area contributed by atoms with Gasteiger partial charge >= 0.3 is 0 Å². The standard InChI is InChI=1S/C22H25N3O2/c1-15-7-6-8-16(2)21(15)26-12-11-25-14-19-10-5-4-9-18(19)13-20(25)22-24-23-17(3)27-22/h4-10,20H,11-14H2,1-3H3/t20-/m1/s1. The van der Waals surface area contributed by atoms with Gasteiger partial charge in [0.25, 0.3) is 0 Å². The predicted octanol–water partition coefficient (Wildman–Crippen LogP) is 4.17. The van der Waals surface area contributed by atoms with Crippen molar-refractivity contribution >= 4 is 0 Å². The van der Waals surface area contributed by atoms with Crippen molar-refractivity contribution in [1.82, 2.24) is 15.1 Å². The van der Waals surface area contributed by atoms with Gasteiger partial charge in [0, 0.05) is 20.0 Å². The summed E-state index contributed by atoms with van der Waals surface area (Å²) < 4.78 is 11.9. The Kier molecular flexibility index (Phi) is 4.94. The van der Waals surface area contributed by atoms with Crippen LogP contribution in [0.5, 0.6) is 5.75 Å². The normalized spacial score (nSPS) is 16.9. The van der Waals surface area contributed by atoms with Gasteiger partial charge in [-0.2, -0.15) is 0 Å². The van der Waals surface area contributed by atoms with E-state index in [2.05, 4.69) is 71.4 Å². The number of benzene rings is 2. The second-order valence-electron chi connectivity index (χ2n) is 7.19. The van der Waals surface area contributed by atoms with Gasteiger partial charge in [-0.15, -0.1) is 10.2 Å². The number of rotatable bonds is 5. The van der Waals surface area contributed by atoms with Gasteiger partial charge in [-0.3, -0.25) is 4.90 Å². The van der Waals surface area contributed by atoms with Crippen LogP contribution >= 0.6 is 0 Å². The molecule has 0 saturated carbocycles. The monoisotopic (exact) mass is 363 g/mol. The third-order valence-electron chi connectivity index (χ3n) is 5.21. The quantitative estimate of drug-likeness (QED) is 0.681. The number of aryl methyl sites for hydroxylation is 3. The van der Waals surface area contributed by atoms with E-state index in [-0.39, 0.29) is 6.04 Å².